The van der Waals surface area contributed by atoms with Gasteiger partial charge in [-0.25, -0.2) is 0 Å². The molecule has 124 valence electrons. The Kier molecular flexibility index (Phi) is 15.3. The number of likely N-dealkylation sites (N-methyl/N-ethyl adjacent to an activating group) is 1. The van der Waals surface area contributed by atoms with Gasteiger partial charge in [0.2, 0.25) is 0 Å². The fourth-order valence-electron chi connectivity index (χ4n) is 2.50. The lowest BCUT2D eigenvalue weighted by Gasteiger charge is -2.34. The van der Waals surface area contributed by atoms with Gasteiger partial charge >= 0.3 is 0 Å². The van der Waals surface area contributed by atoms with Crippen molar-refractivity contribution >= 4 is 0 Å². The second kappa shape index (κ2) is 13.8. The molecule has 1 aliphatic heterocycles. The second-order valence-electron chi connectivity index (χ2n) is 5.80. The molecule has 1 saturated heterocycles. The lowest BCUT2D eigenvalue weighted by atomic mass is 10.1. The van der Waals surface area contributed by atoms with Gasteiger partial charge in [0.05, 0.1) is 0 Å². The van der Waals surface area contributed by atoms with Gasteiger partial charge in [0, 0.05) is 32.7 Å². The lowest BCUT2D eigenvalue weighted by Crippen LogP contribution is -2.46. The fraction of sp³-hybridized carbons (Fsp3) is 1.00. The van der Waals surface area contributed by atoms with E-state index >= 15 is 0 Å². The molecular weight excluding hydrogens is 246 g/mol. The highest BCUT2D eigenvalue weighted by Gasteiger charge is 2.16. The molecule has 20 heavy (non-hydrogen) atoms. The van der Waals surface area contributed by atoms with Crippen molar-refractivity contribution in [2.75, 3.05) is 59.9 Å². The third-order valence-electron chi connectivity index (χ3n) is 3.77. The first-order valence-corrected chi connectivity index (χ1v) is 8.21. The third-order valence-corrected chi connectivity index (χ3v) is 3.77. The van der Waals surface area contributed by atoms with E-state index in [9.17, 15) is 0 Å². The van der Waals surface area contributed by atoms with Gasteiger partial charge in [0.15, 0.2) is 0 Å². The Bertz CT molecular complexity index is 189. The minimum absolute atomic E-state index is 0. The Balaban J connectivity index is 0. The van der Waals surface area contributed by atoms with Crippen LogP contribution in [0, 0.1) is 5.92 Å². The van der Waals surface area contributed by atoms with E-state index in [4.69, 9.17) is 0 Å². The van der Waals surface area contributed by atoms with Crippen LogP contribution < -0.4 is 0 Å². The van der Waals surface area contributed by atoms with Crippen LogP contribution in [0.2, 0.25) is 0 Å². The summed E-state index contributed by atoms with van der Waals surface area (Å²) in [6.07, 6.45) is 2.60. The Hall–Kier alpha value is -0.120. The van der Waals surface area contributed by atoms with Crippen molar-refractivity contribution in [1.82, 2.24) is 14.7 Å². The summed E-state index contributed by atoms with van der Waals surface area (Å²) in [6.45, 7) is 17.4. The Morgan fingerprint density at radius 3 is 2.10 bits per heavy atom. The molecule has 0 aromatic heterocycles. The van der Waals surface area contributed by atoms with Gasteiger partial charge in [-0.1, -0.05) is 35.1 Å². The van der Waals surface area contributed by atoms with Crippen LogP contribution in [0.3, 0.4) is 0 Å². The van der Waals surface area contributed by atoms with Gasteiger partial charge in [0.1, 0.15) is 0 Å². The smallest absolute Gasteiger partial charge is 0.0110 e. The van der Waals surface area contributed by atoms with Gasteiger partial charge in [-0.15, -0.1) is 0 Å². The summed E-state index contributed by atoms with van der Waals surface area (Å²) in [5.74, 6) is 0.831. The fourth-order valence-corrected chi connectivity index (χ4v) is 2.50. The molecule has 0 bridgehead atoms. The molecule has 0 spiro atoms. The van der Waals surface area contributed by atoms with E-state index in [0.717, 1.165) is 5.92 Å². The minimum Gasteiger partial charge on any atom is -0.306 e. The Morgan fingerprint density at radius 2 is 1.60 bits per heavy atom. The molecule has 1 unspecified atom stereocenters. The van der Waals surface area contributed by atoms with Crippen LogP contribution in [0.5, 0.6) is 0 Å². The van der Waals surface area contributed by atoms with Crippen molar-refractivity contribution < 1.29 is 0 Å². The molecule has 0 saturated carbocycles. The van der Waals surface area contributed by atoms with E-state index in [1.54, 1.807) is 0 Å². The molecule has 0 aliphatic carbocycles. The summed E-state index contributed by atoms with van der Waals surface area (Å²) in [4.78, 5) is 7.52. The maximum atomic E-state index is 2.63. The standard InChI is InChI=1S/C14H31N3.C2H6.CH4/c1-5-7-15(3)8-6-14(2)13-17-11-9-16(4)10-12-17;1-2;/h14H,5-13H2,1-4H3;1-2H3;1H4. The molecule has 0 N–H and O–H groups in total. The van der Waals surface area contributed by atoms with E-state index in [0.29, 0.717) is 0 Å². The number of rotatable bonds is 7. The molecular formula is C17H41N3. The van der Waals surface area contributed by atoms with Crippen LogP contribution >= 0.6 is 0 Å². The van der Waals surface area contributed by atoms with Gasteiger partial charge in [-0.2, -0.15) is 0 Å². The van der Waals surface area contributed by atoms with Crippen molar-refractivity contribution in [3.8, 4) is 0 Å². The lowest BCUT2D eigenvalue weighted by molar-refractivity contribution is 0.134. The van der Waals surface area contributed by atoms with Crippen LogP contribution in [-0.2, 0) is 0 Å². The van der Waals surface area contributed by atoms with E-state index in [-0.39, 0.29) is 7.43 Å². The third kappa shape index (κ3) is 10.6. The first-order valence-electron chi connectivity index (χ1n) is 8.21. The van der Waals surface area contributed by atoms with Crippen LogP contribution in [0.15, 0.2) is 0 Å². The summed E-state index contributed by atoms with van der Waals surface area (Å²) < 4.78 is 0. The summed E-state index contributed by atoms with van der Waals surface area (Å²) in [5, 5.41) is 0. The van der Waals surface area contributed by atoms with E-state index in [1.807, 2.05) is 13.8 Å². The van der Waals surface area contributed by atoms with Crippen LogP contribution in [0.1, 0.15) is 48.0 Å². The minimum atomic E-state index is 0. The van der Waals surface area contributed by atoms with E-state index in [1.165, 1.54) is 58.7 Å². The predicted molar refractivity (Wildman–Crippen MR) is 93.6 cm³/mol. The maximum absolute atomic E-state index is 2.63. The molecule has 0 aromatic rings. The molecule has 1 rings (SSSR count). The topological polar surface area (TPSA) is 9.72 Å². The summed E-state index contributed by atoms with van der Waals surface area (Å²) in [5.41, 5.74) is 0. The highest BCUT2D eigenvalue weighted by atomic mass is 15.2. The second-order valence-corrected chi connectivity index (χ2v) is 5.80. The molecule has 1 heterocycles. The van der Waals surface area contributed by atoms with Gasteiger partial charge in [0.25, 0.3) is 0 Å². The summed E-state index contributed by atoms with van der Waals surface area (Å²) in [6, 6.07) is 0. The molecule has 1 aliphatic rings. The zero-order chi connectivity index (χ0) is 14.7. The summed E-state index contributed by atoms with van der Waals surface area (Å²) >= 11 is 0. The normalized spacial score (nSPS) is 18.1. The maximum Gasteiger partial charge on any atom is 0.0110 e. The SMILES string of the molecule is C.CC.CCCN(C)CCC(C)CN1CCN(C)CC1. The van der Waals surface area contributed by atoms with Crippen molar-refractivity contribution in [2.45, 2.75) is 48.0 Å². The molecule has 0 aromatic carbocycles. The molecule has 0 amide bonds. The number of hydrogen-bond donors (Lipinski definition) is 0. The first kappa shape index (κ1) is 22.2. The van der Waals surface area contributed by atoms with Crippen LogP contribution in [0.25, 0.3) is 0 Å². The Labute approximate surface area is 129 Å². The average Bonchev–Trinajstić information content (AvgIpc) is 2.42. The zero-order valence-corrected chi connectivity index (χ0v) is 14.3. The molecule has 0 radical (unpaired) electrons. The monoisotopic (exact) mass is 287 g/mol. The number of nitrogens with zero attached hydrogens (tertiary/aromatic N) is 3. The Morgan fingerprint density at radius 1 is 1.05 bits per heavy atom. The quantitative estimate of drug-likeness (QED) is 0.711. The largest absolute Gasteiger partial charge is 0.306 e. The van der Waals surface area contributed by atoms with Crippen LogP contribution in [0.4, 0.5) is 0 Å². The average molecular weight is 288 g/mol. The van der Waals surface area contributed by atoms with Crippen molar-refractivity contribution in [3.05, 3.63) is 0 Å². The van der Waals surface area contributed by atoms with Crippen molar-refractivity contribution in [2.24, 2.45) is 5.92 Å². The van der Waals surface area contributed by atoms with Crippen molar-refractivity contribution in [1.29, 1.82) is 0 Å². The molecule has 1 fully saturated rings. The van der Waals surface area contributed by atoms with Crippen LogP contribution in [-0.4, -0.2) is 74.6 Å². The number of hydrogen-bond acceptors (Lipinski definition) is 3. The number of piperazine rings is 1. The van der Waals surface area contributed by atoms with Gasteiger partial charge < -0.3 is 14.7 Å². The molecule has 3 nitrogen and oxygen atoms in total. The van der Waals surface area contributed by atoms with E-state index in [2.05, 4.69) is 42.6 Å². The first-order chi connectivity index (χ1) is 9.11. The highest BCUT2D eigenvalue weighted by molar-refractivity contribution is 4.71. The zero-order valence-electron chi connectivity index (χ0n) is 14.3. The highest BCUT2D eigenvalue weighted by Crippen LogP contribution is 2.08. The molecule has 1 atom stereocenters. The van der Waals surface area contributed by atoms with Crippen molar-refractivity contribution in [3.63, 3.8) is 0 Å². The predicted octanol–water partition coefficient (Wildman–Crippen LogP) is 3.26. The van der Waals surface area contributed by atoms with Gasteiger partial charge in [-0.05, 0) is 45.9 Å². The summed E-state index contributed by atoms with van der Waals surface area (Å²) in [7, 11) is 4.46. The molecule has 3 heteroatoms. The van der Waals surface area contributed by atoms with Gasteiger partial charge in [-0.3, -0.25) is 0 Å². The van der Waals surface area contributed by atoms with E-state index < -0.39 is 0 Å².